The molecule has 1 heterocycles. The fraction of sp³-hybridized carbons (Fsp3) is 0.867. The third-order valence-electron chi connectivity index (χ3n) is 4.14. The molecule has 0 radical (unpaired) electrons. The Bertz CT molecular complexity index is 357. The van der Waals surface area contributed by atoms with E-state index in [-0.39, 0.29) is 17.9 Å². The number of likely N-dealkylation sites (tertiary alicyclic amines) is 1. The maximum atomic E-state index is 11.8. The van der Waals surface area contributed by atoms with Gasteiger partial charge in [0.25, 0.3) is 0 Å². The summed E-state index contributed by atoms with van der Waals surface area (Å²) in [5, 5.41) is 12.0. The lowest BCUT2D eigenvalue weighted by molar-refractivity contribution is -0.125. The molecule has 0 aromatic rings. The molecule has 1 N–H and O–H groups in total. The highest BCUT2D eigenvalue weighted by Crippen LogP contribution is 2.37. The van der Waals surface area contributed by atoms with Crippen molar-refractivity contribution in [1.82, 2.24) is 10.2 Å². The van der Waals surface area contributed by atoms with Gasteiger partial charge in [0, 0.05) is 25.0 Å². The minimum Gasteiger partial charge on any atom is -0.352 e. The molecular formula is C15H25N3O. The highest BCUT2D eigenvalue weighted by atomic mass is 16.1. The van der Waals surface area contributed by atoms with Crippen molar-refractivity contribution in [3.05, 3.63) is 0 Å². The smallest absolute Gasteiger partial charge is 0.222 e. The van der Waals surface area contributed by atoms with Crippen molar-refractivity contribution >= 4 is 5.91 Å². The first kappa shape index (κ1) is 14.3. The summed E-state index contributed by atoms with van der Waals surface area (Å²) in [7, 11) is 0. The van der Waals surface area contributed by atoms with Gasteiger partial charge < -0.3 is 5.32 Å². The number of amides is 1. The van der Waals surface area contributed by atoms with E-state index in [9.17, 15) is 4.79 Å². The molecule has 2 atom stereocenters. The summed E-state index contributed by atoms with van der Waals surface area (Å²) in [6, 6.07) is 2.46. The summed E-state index contributed by atoms with van der Waals surface area (Å²) < 4.78 is 0. The molecular weight excluding hydrogens is 238 g/mol. The van der Waals surface area contributed by atoms with E-state index in [4.69, 9.17) is 5.26 Å². The van der Waals surface area contributed by atoms with E-state index in [1.807, 2.05) is 13.8 Å². The van der Waals surface area contributed by atoms with E-state index in [1.165, 1.54) is 19.3 Å². The van der Waals surface area contributed by atoms with Gasteiger partial charge in [0.05, 0.1) is 12.6 Å². The van der Waals surface area contributed by atoms with Gasteiger partial charge >= 0.3 is 0 Å². The van der Waals surface area contributed by atoms with Crippen LogP contribution in [0.1, 0.15) is 39.5 Å². The van der Waals surface area contributed by atoms with E-state index in [0.29, 0.717) is 12.5 Å². The van der Waals surface area contributed by atoms with Gasteiger partial charge in [0.2, 0.25) is 5.91 Å². The molecule has 106 valence electrons. The SMILES string of the molecule is CC(C)C(=O)NC1CC(CC2CC2)CN(CC#N)C1. The van der Waals surface area contributed by atoms with E-state index < -0.39 is 0 Å². The Kier molecular flexibility index (Phi) is 4.81. The van der Waals surface area contributed by atoms with Crippen LogP contribution in [0.3, 0.4) is 0 Å². The van der Waals surface area contributed by atoms with E-state index >= 15 is 0 Å². The van der Waals surface area contributed by atoms with Crippen LogP contribution < -0.4 is 5.32 Å². The summed E-state index contributed by atoms with van der Waals surface area (Å²) in [6.07, 6.45) is 5.10. The Hall–Kier alpha value is -1.08. The Morgan fingerprint density at radius 2 is 2.11 bits per heavy atom. The molecule has 2 rings (SSSR count). The lowest BCUT2D eigenvalue weighted by Gasteiger charge is -2.37. The monoisotopic (exact) mass is 263 g/mol. The highest BCUT2D eigenvalue weighted by Gasteiger charge is 2.32. The number of hydrogen-bond donors (Lipinski definition) is 1. The summed E-state index contributed by atoms with van der Waals surface area (Å²) in [5.74, 6) is 1.72. The van der Waals surface area contributed by atoms with Gasteiger partial charge in [-0.2, -0.15) is 5.26 Å². The minimum atomic E-state index is 0.0354. The van der Waals surface area contributed by atoms with Crippen molar-refractivity contribution in [3.63, 3.8) is 0 Å². The average molecular weight is 263 g/mol. The summed E-state index contributed by atoms with van der Waals surface area (Å²) in [6.45, 7) is 6.18. The van der Waals surface area contributed by atoms with Gasteiger partial charge in [-0.25, -0.2) is 0 Å². The van der Waals surface area contributed by atoms with E-state index in [1.54, 1.807) is 0 Å². The molecule has 1 amide bonds. The van der Waals surface area contributed by atoms with Crippen LogP contribution in [0.25, 0.3) is 0 Å². The third kappa shape index (κ3) is 4.50. The Morgan fingerprint density at radius 1 is 1.37 bits per heavy atom. The molecule has 2 fully saturated rings. The fourth-order valence-electron chi connectivity index (χ4n) is 3.00. The van der Waals surface area contributed by atoms with Gasteiger partial charge in [-0.15, -0.1) is 0 Å². The first-order valence-corrected chi connectivity index (χ1v) is 7.48. The normalized spacial score (nSPS) is 28.1. The number of rotatable bonds is 5. The second-order valence-corrected chi connectivity index (χ2v) is 6.49. The number of carbonyl (C=O) groups is 1. The lowest BCUT2D eigenvalue weighted by Crippen LogP contribution is -2.51. The number of carbonyl (C=O) groups excluding carboxylic acids is 1. The molecule has 0 bridgehead atoms. The van der Waals surface area contributed by atoms with Crippen molar-refractivity contribution in [2.75, 3.05) is 19.6 Å². The second-order valence-electron chi connectivity index (χ2n) is 6.49. The number of nitrogens with zero attached hydrogens (tertiary/aromatic N) is 2. The topological polar surface area (TPSA) is 56.1 Å². The molecule has 0 spiro atoms. The second kappa shape index (κ2) is 6.38. The molecule has 0 aromatic carbocycles. The van der Waals surface area contributed by atoms with Crippen molar-refractivity contribution in [1.29, 1.82) is 5.26 Å². The zero-order chi connectivity index (χ0) is 13.8. The first-order valence-electron chi connectivity index (χ1n) is 7.48. The first-order chi connectivity index (χ1) is 9.08. The zero-order valence-corrected chi connectivity index (χ0v) is 12.1. The van der Waals surface area contributed by atoms with E-state index in [0.717, 1.165) is 25.4 Å². The maximum absolute atomic E-state index is 11.8. The van der Waals surface area contributed by atoms with Gasteiger partial charge in [-0.05, 0) is 24.7 Å². The number of nitriles is 1. The molecule has 19 heavy (non-hydrogen) atoms. The average Bonchev–Trinajstić information content (AvgIpc) is 3.12. The van der Waals surface area contributed by atoms with Gasteiger partial charge in [0.15, 0.2) is 0 Å². The predicted octanol–water partition coefficient (Wildman–Crippen LogP) is 1.77. The standard InChI is InChI=1S/C15H25N3O/c1-11(2)15(19)17-14-8-13(7-12-3-4-12)9-18(10-14)6-5-16/h11-14H,3-4,6-10H2,1-2H3,(H,17,19). The van der Waals surface area contributed by atoms with Crippen LogP contribution in [0, 0.1) is 29.1 Å². The van der Waals surface area contributed by atoms with Crippen LogP contribution in [-0.2, 0) is 4.79 Å². The number of piperidine rings is 1. The Labute approximate surface area is 116 Å². The van der Waals surface area contributed by atoms with Gasteiger partial charge in [-0.1, -0.05) is 26.7 Å². The quantitative estimate of drug-likeness (QED) is 0.769. The van der Waals surface area contributed by atoms with Crippen molar-refractivity contribution in [2.45, 2.75) is 45.6 Å². The molecule has 1 aliphatic heterocycles. The number of nitrogens with one attached hydrogen (secondary N) is 1. The molecule has 1 saturated heterocycles. The largest absolute Gasteiger partial charge is 0.352 e. The molecule has 0 aromatic heterocycles. The molecule has 1 aliphatic carbocycles. The third-order valence-corrected chi connectivity index (χ3v) is 4.14. The predicted molar refractivity (Wildman–Crippen MR) is 74.3 cm³/mol. The zero-order valence-electron chi connectivity index (χ0n) is 12.1. The lowest BCUT2D eigenvalue weighted by atomic mass is 9.89. The molecule has 4 nitrogen and oxygen atoms in total. The summed E-state index contributed by atoms with van der Waals surface area (Å²) >= 11 is 0. The molecule has 2 unspecified atom stereocenters. The van der Waals surface area contributed by atoms with Crippen LogP contribution in [0.15, 0.2) is 0 Å². The molecule has 2 aliphatic rings. The Morgan fingerprint density at radius 3 is 2.68 bits per heavy atom. The molecule has 4 heteroatoms. The van der Waals surface area contributed by atoms with Crippen molar-refractivity contribution in [3.8, 4) is 6.07 Å². The van der Waals surface area contributed by atoms with Gasteiger partial charge in [0.1, 0.15) is 0 Å². The highest BCUT2D eigenvalue weighted by molar-refractivity contribution is 5.78. The maximum Gasteiger partial charge on any atom is 0.222 e. The van der Waals surface area contributed by atoms with Crippen LogP contribution in [-0.4, -0.2) is 36.5 Å². The van der Waals surface area contributed by atoms with Crippen LogP contribution >= 0.6 is 0 Å². The number of hydrogen-bond acceptors (Lipinski definition) is 3. The van der Waals surface area contributed by atoms with Gasteiger partial charge in [-0.3, -0.25) is 9.69 Å². The van der Waals surface area contributed by atoms with Crippen molar-refractivity contribution < 1.29 is 4.79 Å². The minimum absolute atomic E-state index is 0.0354. The summed E-state index contributed by atoms with van der Waals surface area (Å²) in [5.41, 5.74) is 0. The molecule has 1 saturated carbocycles. The van der Waals surface area contributed by atoms with E-state index in [2.05, 4.69) is 16.3 Å². The van der Waals surface area contributed by atoms with Crippen LogP contribution in [0.5, 0.6) is 0 Å². The Balaban J connectivity index is 1.89. The van der Waals surface area contributed by atoms with Crippen LogP contribution in [0.2, 0.25) is 0 Å². The van der Waals surface area contributed by atoms with Crippen LogP contribution in [0.4, 0.5) is 0 Å². The summed E-state index contributed by atoms with van der Waals surface area (Å²) in [4.78, 5) is 14.0. The fourth-order valence-corrected chi connectivity index (χ4v) is 3.00. The van der Waals surface area contributed by atoms with Crippen molar-refractivity contribution in [2.24, 2.45) is 17.8 Å².